The highest BCUT2D eigenvalue weighted by Gasteiger charge is 2.18. The van der Waals surface area contributed by atoms with Crippen molar-refractivity contribution in [3.8, 4) is 0 Å². The third-order valence-electron chi connectivity index (χ3n) is 3.13. The zero-order chi connectivity index (χ0) is 13.5. The zero-order valence-electron chi connectivity index (χ0n) is 11.2. The second-order valence-electron chi connectivity index (χ2n) is 4.25. The Balaban J connectivity index is 2.79. The summed E-state index contributed by atoms with van der Waals surface area (Å²) in [4.78, 5) is 22.0. The van der Waals surface area contributed by atoms with Crippen LogP contribution in [0.15, 0.2) is 12.4 Å². The highest BCUT2D eigenvalue weighted by Crippen LogP contribution is 2.12. The van der Waals surface area contributed by atoms with Gasteiger partial charge < -0.3 is 4.90 Å². The first-order chi connectivity index (χ1) is 8.62. The molecule has 1 rings (SSSR count). The summed E-state index contributed by atoms with van der Waals surface area (Å²) in [5.74, 6) is 0.431. The van der Waals surface area contributed by atoms with Crippen LogP contribution in [0.25, 0.3) is 0 Å². The van der Waals surface area contributed by atoms with Crippen molar-refractivity contribution in [1.29, 1.82) is 0 Å². The van der Waals surface area contributed by atoms with E-state index in [9.17, 15) is 4.79 Å². The van der Waals surface area contributed by atoms with Crippen molar-refractivity contribution in [3.05, 3.63) is 23.2 Å². The minimum Gasteiger partial charge on any atom is -0.337 e. The molecule has 100 valence electrons. The Morgan fingerprint density at radius 2 is 2.00 bits per heavy atom. The van der Waals surface area contributed by atoms with Crippen molar-refractivity contribution in [1.82, 2.24) is 14.9 Å². The van der Waals surface area contributed by atoms with Crippen LogP contribution in [0, 0.1) is 5.92 Å². The maximum Gasteiger partial charge on any atom is 0.274 e. The number of hydrogen-bond acceptors (Lipinski definition) is 3. The maximum atomic E-state index is 12.3. The van der Waals surface area contributed by atoms with Gasteiger partial charge in [-0.05, 0) is 12.8 Å². The summed E-state index contributed by atoms with van der Waals surface area (Å²) < 4.78 is 0. The van der Waals surface area contributed by atoms with Crippen molar-refractivity contribution in [2.45, 2.75) is 33.6 Å². The fourth-order valence-corrected chi connectivity index (χ4v) is 1.97. The number of carbonyl (C=O) groups excluding carboxylic acids is 1. The molecular weight excluding hydrogens is 250 g/mol. The molecule has 0 atom stereocenters. The van der Waals surface area contributed by atoms with Crippen LogP contribution in [0.3, 0.4) is 0 Å². The van der Waals surface area contributed by atoms with Gasteiger partial charge in [0, 0.05) is 13.1 Å². The van der Waals surface area contributed by atoms with Gasteiger partial charge in [-0.3, -0.25) is 9.78 Å². The van der Waals surface area contributed by atoms with Gasteiger partial charge in [0.15, 0.2) is 0 Å². The molecule has 1 heterocycles. The van der Waals surface area contributed by atoms with Gasteiger partial charge in [0.25, 0.3) is 5.91 Å². The first-order valence-corrected chi connectivity index (χ1v) is 6.76. The molecule has 0 aromatic carbocycles. The lowest BCUT2D eigenvalue weighted by Crippen LogP contribution is -2.35. The molecule has 0 aliphatic carbocycles. The lowest BCUT2D eigenvalue weighted by Gasteiger charge is -2.25. The van der Waals surface area contributed by atoms with Crippen molar-refractivity contribution in [2.24, 2.45) is 5.92 Å². The van der Waals surface area contributed by atoms with Crippen LogP contribution in [-0.2, 0) is 0 Å². The van der Waals surface area contributed by atoms with Gasteiger partial charge in [-0.25, -0.2) is 4.98 Å². The minimum absolute atomic E-state index is 0.0978. The maximum absolute atomic E-state index is 12.3. The highest BCUT2D eigenvalue weighted by atomic mass is 35.5. The Morgan fingerprint density at radius 3 is 2.50 bits per heavy atom. The van der Waals surface area contributed by atoms with Gasteiger partial charge >= 0.3 is 0 Å². The number of nitrogens with zero attached hydrogens (tertiary/aromatic N) is 3. The molecule has 1 aromatic rings. The van der Waals surface area contributed by atoms with Gasteiger partial charge in [0.1, 0.15) is 10.8 Å². The molecule has 0 unspecified atom stereocenters. The van der Waals surface area contributed by atoms with E-state index < -0.39 is 0 Å². The number of hydrogen-bond donors (Lipinski definition) is 0. The molecule has 5 heteroatoms. The smallest absolute Gasteiger partial charge is 0.274 e. The molecule has 0 spiro atoms. The van der Waals surface area contributed by atoms with Gasteiger partial charge in [-0.1, -0.05) is 38.3 Å². The normalized spacial score (nSPS) is 10.7. The first-order valence-electron chi connectivity index (χ1n) is 6.39. The van der Waals surface area contributed by atoms with Crippen LogP contribution in [0.4, 0.5) is 0 Å². The van der Waals surface area contributed by atoms with Crippen LogP contribution in [-0.4, -0.2) is 33.9 Å². The number of aromatic nitrogens is 2. The van der Waals surface area contributed by atoms with Gasteiger partial charge in [-0.15, -0.1) is 0 Å². The fraction of sp³-hybridized carbons (Fsp3) is 0.615. The molecule has 0 aliphatic rings. The summed E-state index contributed by atoms with van der Waals surface area (Å²) in [7, 11) is 0. The molecular formula is C13H20ClN3O. The molecule has 0 saturated carbocycles. The monoisotopic (exact) mass is 269 g/mol. The van der Waals surface area contributed by atoms with Gasteiger partial charge in [-0.2, -0.15) is 0 Å². The van der Waals surface area contributed by atoms with E-state index in [1.165, 1.54) is 12.4 Å². The van der Waals surface area contributed by atoms with E-state index in [0.29, 0.717) is 18.2 Å². The molecule has 0 radical (unpaired) electrons. The van der Waals surface area contributed by atoms with Crippen molar-refractivity contribution >= 4 is 17.5 Å². The van der Waals surface area contributed by atoms with E-state index in [0.717, 1.165) is 19.4 Å². The molecule has 1 aromatic heterocycles. The molecule has 0 fully saturated rings. The topological polar surface area (TPSA) is 46.1 Å². The summed E-state index contributed by atoms with van der Waals surface area (Å²) in [5, 5.41) is 0.249. The molecule has 18 heavy (non-hydrogen) atoms. The number of rotatable bonds is 6. The number of amides is 1. The van der Waals surface area contributed by atoms with Crippen LogP contribution < -0.4 is 0 Å². The van der Waals surface area contributed by atoms with Crippen LogP contribution in [0.5, 0.6) is 0 Å². The van der Waals surface area contributed by atoms with Crippen molar-refractivity contribution in [3.63, 3.8) is 0 Å². The lowest BCUT2D eigenvalue weighted by atomic mass is 10.0. The molecule has 0 saturated heterocycles. The fourth-order valence-electron chi connectivity index (χ4n) is 1.82. The predicted molar refractivity (Wildman–Crippen MR) is 72.7 cm³/mol. The molecule has 0 aliphatic heterocycles. The van der Waals surface area contributed by atoms with E-state index in [1.54, 1.807) is 4.90 Å². The van der Waals surface area contributed by atoms with Crippen LogP contribution >= 0.6 is 11.6 Å². The highest BCUT2D eigenvalue weighted by molar-refractivity contribution is 6.29. The Hall–Kier alpha value is -1.16. The minimum atomic E-state index is -0.0978. The average Bonchev–Trinajstić information content (AvgIpc) is 2.39. The quantitative estimate of drug-likeness (QED) is 0.797. The SMILES string of the molecule is CCC(CC)CN(CC)C(=O)c1cncc(Cl)n1. The van der Waals surface area contributed by atoms with Crippen molar-refractivity contribution in [2.75, 3.05) is 13.1 Å². The average molecular weight is 270 g/mol. The molecule has 0 bridgehead atoms. The van der Waals surface area contributed by atoms with E-state index in [-0.39, 0.29) is 11.1 Å². The molecule has 4 nitrogen and oxygen atoms in total. The van der Waals surface area contributed by atoms with E-state index in [4.69, 9.17) is 11.6 Å². The van der Waals surface area contributed by atoms with Gasteiger partial charge in [0.05, 0.1) is 12.4 Å². The standard InChI is InChI=1S/C13H20ClN3O/c1-4-10(5-2)9-17(6-3)13(18)11-7-15-8-12(14)16-11/h7-8,10H,4-6,9H2,1-3H3. The lowest BCUT2D eigenvalue weighted by molar-refractivity contribution is 0.0728. The summed E-state index contributed by atoms with van der Waals surface area (Å²) >= 11 is 5.75. The summed E-state index contributed by atoms with van der Waals surface area (Å²) in [6.07, 6.45) is 5.03. The van der Waals surface area contributed by atoms with Gasteiger partial charge in [0.2, 0.25) is 0 Å². The second kappa shape index (κ2) is 7.31. The predicted octanol–water partition coefficient (Wildman–Crippen LogP) is 3.03. The first kappa shape index (κ1) is 14.9. The summed E-state index contributed by atoms with van der Waals surface area (Å²) in [5.41, 5.74) is 0.315. The molecule has 0 N–H and O–H groups in total. The van der Waals surface area contributed by atoms with Crippen molar-refractivity contribution < 1.29 is 4.79 Å². The molecule has 1 amide bonds. The third-order valence-corrected chi connectivity index (χ3v) is 3.31. The Bertz CT molecular complexity index is 394. The number of carbonyl (C=O) groups is 1. The summed E-state index contributed by atoms with van der Waals surface area (Å²) in [6, 6.07) is 0. The largest absolute Gasteiger partial charge is 0.337 e. The number of halogens is 1. The van der Waals surface area contributed by atoms with Crippen LogP contribution in [0.2, 0.25) is 5.15 Å². The van der Waals surface area contributed by atoms with E-state index >= 15 is 0 Å². The Kier molecular flexibility index (Phi) is 6.05. The summed E-state index contributed by atoms with van der Waals surface area (Å²) in [6.45, 7) is 7.69. The van der Waals surface area contributed by atoms with E-state index in [2.05, 4.69) is 23.8 Å². The third kappa shape index (κ3) is 3.95. The van der Waals surface area contributed by atoms with Crippen LogP contribution in [0.1, 0.15) is 44.1 Å². The zero-order valence-corrected chi connectivity index (χ0v) is 11.9. The van der Waals surface area contributed by atoms with E-state index in [1.807, 2.05) is 6.92 Å². The Labute approximate surface area is 113 Å². The Morgan fingerprint density at radius 1 is 1.33 bits per heavy atom. The second-order valence-corrected chi connectivity index (χ2v) is 4.64.